The monoisotopic (exact) mass is 246 g/mol. The number of hydrogen-bond acceptors (Lipinski definition) is 3. The molecular weight excluding hydrogens is 231 g/mol. The largest absolute Gasteiger partial charge is 0.439 e. The minimum absolute atomic E-state index is 0.191. The van der Waals surface area contributed by atoms with Crippen LogP contribution in [0.5, 0.6) is 11.6 Å². The van der Waals surface area contributed by atoms with Gasteiger partial charge in [0.25, 0.3) is 0 Å². The van der Waals surface area contributed by atoms with E-state index in [1.165, 1.54) is 6.07 Å². The zero-order chi connectivity index (χ0) is 13.1. The van der Waals surface area contributed by atoms with Gasteiger partial charge in [-0.25, -0.2) is 9.37 Å². The van der Waals surface area contributed by atoms with Crippen LogP contribution in [0.25, 0.3) is 0 Å². The van der Waals surface area contributed by atoms with Gasteiger partial charge in [-0.05, 0) is 31.5 Å². The molecular formula is C14H15FN2O. The second-order valence-corrected chi connectivity index (χ2v) is 4.20. The fraction of sp³-hybridized carbons (Fsp3) is 0.214. The van der Waals surface area contributed by atoms with Crippen LogP contribution in [0.3, 0.4) is 0 Å². The third-order valence-corrected chi connectivity index (χ3v) is 2.65. The number of aromatic nitrogens is 1. The van der Waals surface area contributed by atoms with Crippen molar-refractivity contribution in [1.82, 2.24) is 4.98 Å². The molecule has 0 radical (unpaired) electrons. The highest BCUT2D eigenvalue weighted by molar-refractivity contribution is 5.35. The summed E-state index contributed by atoms with van der Waals surface area (Å²) in [5.41, 5.74) is 7.20. The number of halogens is 1. The number of pyridine rings is 1. The summed E-state index contributed by atoms with van der Waals surface area (Å²) in [4.78, 5) is 4.12. The zero-order valence-electron chi connectivity index (χ0n) is 10.4. The van der Waals surface area contributed by atoms with E-state index in [9.17, 15) is 4.39 Å². The first-order valence-electron chi connectivity index (χ1n) is 5.72. The third kappa shape index (κ3) is 2.65. The van der Waals surface area contributed by atoms with Gasteiger partial charge < -0.3 is 10.5 Å². The quantitative estimate of drug-likeness (QED) is 0.903. The van der Waals surface area contributed by atoms with Crippen LogP contribution < -0.4 is 10.5 Å². The van der Waals surface area contributed by atoms with Gasteiger partial charge in [0, 0.05) is 23.9 Å². The maximum atomic E-state index is 13.4. The number of hydrogen-bond donors (Lipinski definition) is 1. The van der Waals surface area contributed by atoms with Gasteiger partial charge in [-0.15, -0.1) is 0 Å². The van der Waals surface area contributed by atoms with Crippen molar-refractivity contribution in [3.05, 3.63) is 53.5 Å². The number of aryl methyl sites for hydroxylation is 1. The van der Waals surface area contributed by atoms with Gasteiger partial charge in [-0.1, -0.05) is 12.1 Å². The molecule has 1 aromatic carbocycles. The number of nitrogens with zero attached hydrogens (tertiary/aromatic N) is 1. The van der Waals surface area contributed by atoms with Crippen LogP contribution in [0.15, 0.2) is 36.5 Å². The standard InChI is InChI=1S/C14H15FN2O/c1-9-5-6-11(8-13(9)15)18-14-12(10(2)16)4-3-7-17-14/h3-8,10H,16H2,1-2H3/t10-/m1/s1. The molecule has 1 heterocycles. The van der Waals surface area contributed by atoms with E-state index in [1.807, 2.05) is 13.0 Å². The van der Waals surface area contributed by atoms with E-state index < -0.39 is 0 Å². The molecule has 0 aliphatic heterocycles. The van der Waals surface area contributed by atoms with E-state index in [-0.39, 0.29) is 11.9 Å². The van der Waals surface area contributed by atoms with Gasteiger partial charge in [0.2, 0.25) is 5.88 Å². The lowest BCUT2D eigenvalue weighted by molar-refractivity contribution is 0.447. The maximum Gasteiger partial charge on any atom is 0.223 e. The van der Waals surface area contributed by atoms with Crippen molar-refractivity contribution in [3.8, 4) is 11.6 Å². The molecule has 18 heavy (non-hydrogen) atoms. The van der Waals surface area contributed by atoms with Crippen LogP contribution >= 0.6 is 0 Å². The summed E-state index contributed by atoms with van der Waals surface area (Å²) < 4.78 is 19.0. The lowest BCUT2D eigenvalue weighted by Crippen LogP contribution is -2.07. The van der Waals surface area contributed by atoms with E-state index in [2.05, 4.69) is 4.98 Å². The van der Waals surface area contributed by atoms with E-state index in [0.717, 1.165) is 5.56 Å². The molecule has 0 spiro atoms. The van der Waals surface area contributed by atoms with Crippen LogP contribution in [0.1, 0.15) is 24.1 Å². The van der Waals surface area contributed by atoms with Crippen LogP contribution in [0.4, 0.5) is 4.39 Å². The van der Waals surface area contributed by atoms with Gasteiger partial charge in [0.1, 0.15) is 11.6 Å². The molecule has 0 bridgehead atoms. The molecule has 94 valence electrons. The lowest BCUT2D eigenvalue weighted by Gasteiger charge is -2.12. The SMILES string of the molecule is Cc1ccc(Oc2ncccc2[C@@H](C)N)cc1F. The number of nitrogens with two attached hydrogens (primary N) is 1. The summed E-state index contributed by atoms with van der Waals surface area (Å²) in [6, 6.07) is 8.16. The Bertz CT molecular complexity index is 555. The second kappa shape index (κ2) is 5.14. The molecule has 0 fully saturated rings. The van der Waals surface area contributed by atoms with Gasteiger partial charge in [0.15, 0.2) is 0 Å². The Labute approximate surface area is 105 Å². The zero-order valence-corrected chi connectivity index (χ0v) is 10.4. The third-order valence-electron chi connectivity index (χ3n) is 2.65. The Kier molecular flexibility index (Phi) is 3.58. The molecule has 3 nitrogen and oxygen atoms in total. The summed E-state index contributed by atoms with van der Waals surface area (Å²) in [7, 11) is 0. The van der Waals surface area contributed by atoms with Crippen molar-refractivity contribution in [1.29, 1.82) is 0 Å². The van der Waals surface area contributed by atoms with Crippen molar-refractivity contribution in [2.45, 2.75) is 19.9 Å². The first kappa shape index (κ1) is 12.5. The fourth-order valence-electron chi connectivity index (χ4n) is 1.58. The predicted molar refractivity (Wildman–Crippen MR) is 68.1 cm³/mol. The van der Waals surface area contributed by atoms with Crippen molar-refractivity contribution >= 4 is 0 Å². The molecule has 0 unspecified atom stereocenters. The van der Waals surface area contributed by atoms with E-state index in [0.29, 0.717) is 17.2 Å². The number of ether oxygens (including phenoxy) is 1. The van der Waals surface area contributed by atoms with Gasteiger partial charge >= 0.3 is 0 Å². The van der Waals surface area contributed by atoms with E-state index in [1.54, 1.807) is 31.3 Å². The van der Waals surface area contributed by atoms with Crippen LogP contribution in [0.2, 0.25) is 0 Å². The first-order valence-corrected chi connectivity index (χ1v) is 5.72. The van der Waals surface area contributed by atoms with Gasteiger partial charge in [-0.3, -0.25) is 0 Å². The molecule has 0 saturated carbocycles. The van der Waals surface area contributed by atoms with E-state index in [4.69, 9.17) is 10.5 Å². The molecule has 2 aromatic rings. The fourth-order valence-corrected chi connectivity index (χ4v) is 1.58. The van der Waals surface area contributed by atoms with Gasteiger partial charge in [0.05, 0.1) is 0 Å². The summed E-state index contributed by atoms with van der Waals surface area (Å²) >= 11 is 0. The summed E-state index contributed by atoms with van der Waals surface area (Å²) in [5.74, 6) is 0.528. The minimum Gasteiger partial charge on any atom is -0.439 e. The maximum absolute atomic E-state index is 13.4. The molecule has 4 heteroatoms. The minimum atomic E-state index is -0.300. The summed E-state index contributed by atoms with van der Waals surface area (Å²) in [6.07, 6.45) is 1.62. The molecule has 0 amide bonds. The molecule has 0 saturated heterocycles. The Morgan fingerprint density at radius 1 is 1.33 bits per heavy atom. The molecule has 0 aliphatic carbocycles. The normalized spacial score (nSPS) is 12.2. The smallest absolute Gasteiger partial charge is 0.223 e. The summed E-state index contributed by atoms with van der Waals surface area (Å²) in [6.45, 7) is 3.55. The topological polar surface area (TPSA) is 48.1 Å². The Hall–Kier alpha value is -1.94. The first-order chi connectivity index (χ1) is 8.58. The van der Waals surface area contributed by atoms with Crippen molar-refractivity contribution in [3.63, 3.8) is 0 Å². The van der Waals surface area contributed by atoms with Crippen LogP contribution in [0, 0.1) is 12.7 Å². The van der Waals surface area contributed by atoms with Crippen molar-refractivity contribution < 1.29 is 9.13 Å². The molecule has 2 rings (SSSR count). The molecule has 2 N–H and O–H groups in total. The Balaban J connectivity index is 2.31. The average molecular weight is 246 g/mol. The number of benzene rings is 1. The predicted octanol–water partition coefficient (Wildman–Crippen LogP) is 3.34. The molecule has 1 aromatic heterocycles. The lowest BCUT2D eigenvalue weighted by atomic mass is 10.1. The highest BCUT2D eigenvalue weighted by Gasteiger charge is 2.10. The Morgan fingerprint density at radius 3 is 2.78 bits per heavy atom. The highest BCUT2D eigenvalue weighted by Crippen LogP contribution is 2.27. The second-order valence-electron chi connectivity index (χ2n) is 4.20. The van der Waals surface area contributed by atoms with Crippen molar-refractivity contribution in [2.24, 2.45) is 5.73 Å². The number of rotatable bonds is 3. The van der Waals surface area contributed by atoms with E-state index >= 15 is 0 Å². The van der Waals surface area contributed by atoms with Crippen LogP contribution in [-0.4, -0.2) is 4.98 Å². The van der Waals surface area contributed by atoms with Gasteiger partial charge in [-0.2, -0.15) is 0 Å². The summed E-state index contributed by atoms with van der Waals surface area (Å²) in [5, 5.41) is 0. The average Bonchev–Trinajstić information content (AvgIpc) is 2.34. The molecule has 0 aliphatic rings. The van der Waals surface area contributed by atoms with Crippen molar-refractivity contribution in [2.75, 3.05) is 0 Å². The Morgan fingerprint density at radius 2 is 2.11 bits per heavy atom. The molecule has 1 atom stereocenters. The van der Waals surface area contributed by atoms with Crippen LogP contribution in [-0.2, 0) is 0 Å². The highest BCUT2D eigenvalue weighted by atomic mass is 19.1.